The van der Waals surface area contributed by atoms with E-state index in [1.54, 1.807) is 0 Å². The Morgan fingerprint density at radius 3 is 1.76 bits per heavy atom. The van der Waals surface area contributed by atoms with E-state index < -0.39 is 0 Å². The van der Waals surface area contributed by atoms with Crippen LogP contribution in [0.25, 0.3) is 0 Å². The molecule has 0 bridgehead atoms. The highest BCUT2D eigenvalue weighted by molar-refractivity contribution is 4.79. The molecule has 0 amide bonds. The molecule has 1 unspecified atom stereocenters. The molecule has 0 aliphatic heterocycles. The van der Waals surface area contributed by atoms with Crippen molar-refractivity contribution < 1.29 is 0 Å². The van der Waals surface area contributed by atoms with Crippen LogP contribution in [0.5, 0.6) is 0 Å². The van der Waals surface area contributed by atoms with Gasteiger partial charge in [-0.3, -0.25) is 0 Å². The van der Waals surface area contributed by atoms with Crippen LogP contribution in [-0.2, 0) is 0 Å². The highest BCUT2D eigenvalue weighted by Gasteiger charge is 2.23. The SMILES string of the molecule is CCNC(CC1CCCCC1)CC1CCCC1. The zero-order valence-corrected chi connectivity index (χ0v) is 11.7. The van der Waals surface area contributed by atoms with E-state index in [0.29, 0.717) is 0 Å². The first-order valence-electron chi connectivity index (χ1n) is 8.12. The fraction of sp³-hybridized carbons (Fsp3) is 1.00. The van der Waals surface area contributed by atoms with Crippen molar-refractivity contribution in [2.75, 3.05) is 6.54 Å². The fourth-order valence-corrected chi connectivity index (χ4v) is 4.03. The Labute approximate surface area is 108 Å². The van der Waals surface area contributed by atoms with Crippen LogP contribution in [0.1, 0.15) is 77.6 Å². The number of hydrogen-bond donors (Lipinski definition) is 1. The molecule has 1 atom stereocenters. The molecule has 2 aliphatic carbocycles. The number of nitrogens with one attached hydrogen (secondary N) is 1. The first kappa shape index (κ1) is 13.4. The Morgan fingerprint density at radius 2 is 1.29 bits per heavy atom. The van der Waals surface area contributed by atoms with Crippen molar-refractivity contribution in [3.05, 3.63) is 0 Å². The molecule has 0 aromatic rings. The van der Waals surface area contributed by atoms with E-state index in [-0.39, 0.29) is 0 Å². The summed E-state index contributed by atoms with van der Waals surface area (Å²) in [6.07, 6.45) is 16.4. The van der Waals surface area contributed by atoms with Gasteiger partial charge in [-0.1, -0.05) is 64.7 Å². The lowest BCUT2D eigenvalue weighted by atomic mass is 9.82. The smallest absolute Gasteiger partial charge is 0.00722 e. The quantitative estimate of drug-likeness (QED) is 0.716. The molecule has 1 heteroatoms. The van der Waals surface area contributed by atoms with Gasteiger partial charge in [0.05, 0.1) is 0 Å². The standard InChI is InChI=1S/C16H31N/c1-2-17-16(13-15-10-6-7-11-15)12-14-8-4-3-5-9-14/h14-17H,2-13H2,1H3. The molecule has 0 aromatic heterocycles. The predicted molar refractivity (Wildman–Crippen MR) is 75.2 cm³/mol. The molecule has 0 heterocycles. The second-order valence-electron chi connectivity index (χ2n) is 6.38. The van der Waals surface area contributed by atoms with Crippen LogP contribution in [0.4, 0.5) is 0 Å². The summed E-state index contributed by atoms with van der Waals surface area (Å²) in [5.41, 5.74) is 0. The maximum Gasteiger partial charge on any atom is 0.00722 e. The van der Waals surface area contributed by atoms with E-state index >= 15 is 0 Å². The van der Waals surface area contributed by atoms with Crippen molar-refractivity contribution in [3.8, 4) is 0 Å². The third kappa shape index (κ3) is 4.62. The summed E-state index contributed by atoms with van der Waals surface area (Å²) in [7, 11) is 0. The Hall–Kier alpha value is -0.0400. The van der Waals surface area contributed by atoms with E-state index in [0.717, 1.165) is 24.4 Å². The third-order valence-corrected chi connectivity index (χ3v) is 4.93. The van der Waals surface area contributed by atoms with E-state index in [9.17, 15) is 0 Å². The summed E-state index contributed by atoms with van der Waals surface area (Å²) in [6.45, 7) is 3.42. The zero-order valence-electron chi connectivity index (χ0n) is 11.7. The van der Waals surface area contributed by atoms with Crippen molar-refractivity contribution in [1.82, 2.24) is 5.32 Å². The Morgan fingerprint density at radius 1 is 0.824 bits per heavy atom. The normalized spacial score (nSPS) is 25.2. The molecular weight excluding hydrogens is 206 g/mol. The summed E-state index contributed by atoms with van der Waals surface area (Å²) in [5.74, 6) is 2.08. The molecule has 2 rings (SSSR count). The van der Waals surface area contributed by atoms with Crippen molar-refractivity contribution in [2.45, 2.75) is 83.6 Å². The van der Waals surface area contributed by atoms with Gasteiger partial charge in [0.1, 0.15) is 0 Å². The summed E-state index contributed by atoms with van der Waals surface area (Å²) in [4.78, 5) is 0. The molecule has 2 aliphatic rings. The van der Waals surface area contributed by atoms with Crippen molar-refractivity contribution in [3.63, 3.8) is 0 Å². The first-order chi connectivity index (χ1) is 8.38. The molecule has 0 aromatic carbocycles. The van der Waals surface area contributed by atoms with Gasteiger partial charge in [-0.25, -0.2) is 0 Å². The molecule has 1 nitrogen and oxygen atoms in total. The lowest BCUT2D eigenvalue weighted by Crippen LogP contribution is -2.33. The molecule has 2 fully saturated rings. The van der Waals surface area contributed by atoms with Gasteiger partial charge in [0.2, 0.25) is 0 Å². The van der Waals surface area contributed by atoms with Crippen molar-refractivity contribution >= 4 is 0 Å². The van der Waals surface area contributed by atoms with Crippen LogP contribution in [0.15, 0.2) is 0 Å². The molecule has 17 heavy (non-hydrogen) atoms. The zero-order chi connectivity index (χ0) is 11.9. The minimum absolute atomic E-state index is 0.825. The average Bonchev–Trinajstić information content (AvgIpc) is 2.83. The Balaban J connectivity index is 1.74. The van der Waals surface area contributed by atoms with Gasteiger partial charge in [-0.15, -0.1) is 0 Å². The molecule has 0 saturated heterocycles. The molecule has 0 spiro atoms. The van der Waals surface area contributed by atoms with E-state index in [1.807, 2.05) is 0 Å². The van der Waals surface area contributed by atoms with Crippen LogP contribution >= 0.6 is 0 Å². The molecule has 0 radical (unpaired) electrons. The molecule has 1 N–H and O–H groups in total. The van der Waals surface area contributed by atoms with E-state index in [1.165, 1.54) is 70.6 Å². The lowest BCUT2D eigenvalue weighted by Gasteiger charge is -2.28. The molecule has 100 valence electrons. The minimum Gasteiger partial charge on any atom is -0.314 e. The molecule has 2 saturated carbocycles. The second-order valence-corrected chi connectivity index (χ2v) is 6.38. The molecular formula is C16H31N. The summed E-state index contributed by atoms with van der Waals surface area (Å²) < 4.78 is 0. The number of hydrogen-bond acceptors (Lipinski definition) is 1. The van der Waals surface area contributed by atoms with Gasteiger partial charge in [0, 0.05) is 6.04 Å². The maximum atomic E-state index is 3.76. The number of rotatable bonds is 6. The highest BCUT2D eigenvalue weighted by atomic mass is 14.9. The largest absolute Gasteiger partial charge is 0.314 e. The minimum atomic E-state index is 0.825. The van der Waals surface area contributed by atoms with Crippen LogP contribution in [0.3, 0.4) is 0 Å². The Bertz CT molecular complexity index is 190. The van der Waals surface area contributed by atoms with Gasteiger partial charge >= 0.3 is 0 Å². The fourth-order valence-electron chi connectivity index (χ4n) is 4.03. The van der Waals surface area contributed by atoms with Crippen molar-refractivity contribution in [2.24, 2.45) is 11.8 Å². The summed E-state index contributed by atoms with van der Waals surface area (Å²) in [6, 6.07) is 0.825. The Kier molecular flexibility index (Phi) is 5.84. The van der Waals surface area contributed by atoms with Gasteiger partial charge < -0.3 is 5.32 Å². The summed E-state index contributed by atoms with van der Waals surface area (Å²) >= 11 is 0. The highest BCUT2D eigenvalue weighted by Crippen LogP contribution is 2.32. The van der Waals surface area contributed by atoms with Gasteiger partial charge in [0.15, 0.2) is 0 Å². The van der Waals surface area contributed by atoms with Gasteiger partial charge in [0.25, 0.3) is 0 Å². The predicted octanol–water partition coefficient (Wildman–Crippen LogP) is 4.52. The summed E-state index contributed by atoms with van der Waals surface area (Å²) in [5, 5.41) is 3.76. The monoisotopic (exact) mass is 237 g/mol. The first-order valence-corrected chi connectivity index (χ1v) is 8.12. The third-order valence-electron chi connectivity index (χ3n) is 4.93. The lowest BCUT2D eigenvalue weighted by molar-refractivity contribution is 0.273. The van der Waals surface area contributed by atoms with Crippen LogP contribution in [0, 0.1) is 11.8 Å². The van der Waals surface area contributed by atoms with Gasteiger partial charge in [-0.05, 0) is 31.2 Å². The maximum absolute atomic E-state index is 3.76. The van der Waals surface area contributed by atoms with Crippen LogP contribution in [0.2, 0.25) is 0 Å². The van der Waals surface area contributed by atoms with E-state index in [2.05, 4.69) is 12.2 Å². The van der Waals surface area contributed by atoms with E-state index in [4.69, 9.17) is 0 Å². The topological polar surface area (TPSA) is 12.0 Å². The van der Waals surface area contributed by atoms with Crippen LogP contribution in [-0.4, -0.2) is 12.6 Å². The average molecular weight is 237 g/mol. The van der Waals surface area contributed by atoms with Crippen LogP contribution < -0.4 is 5.32 Å². The van der Waals surface area contributed by atoms with Crippen molar-refractivity contribution in [1.29, 1.82) is 0 Å². The van der Waals surface area contributed by atoms with Gasteiger partial charge in [-0.2, -0.15) is 0 Å². The second kappa shape index (κ2) is 7.41.